The van der Waals surface area contributed by atoms with Gasteiger partial charge in [0.25, 0.3) is 16.6 Å². The summed E-state index contributed by atoms with van der Waals surface area (Å²) in [7, 11) is -3.97. The summed E-state index contributed by atoms with van der Waals surface area (Å²) in [6.45, 7) is 31.4. The summed E-state index contributed by atoms with van der Waals surface area (Å²) in [6, 6.07) is 45.3. The van der Waals surface area contributed by atoms with Crippen LogP contribution in [0, 0.1) is 45.3 Å². The Morgan fingerprint density at radius 1 is 0.375 bits per heavy atom. The third kappa shape index (κ3) is 32.3. The maximum Gasteiger partial charge on any atom is 0.408 e. The topological polar surface area (TPSA) is 424 Å². The van der Waals surface area contributed by atoms with Crippen molar-refractivity contribution in [1.29, 1.82) is 0 Å². The Morgan fingerprint density at radius 2 is 0.640 bits per heavy atom. The van der Waals surface area contributed by atoms with Gasteiger partial charge in [0.15, 0.2) is 23.1 Å². The van der Waals surface area contributed by atoms with Crippen LogP contribution in [-0.2, 0) is 111 Å². The van der Waals surface area contributed by atoms with Crippen molar-refractivity contribution < 1.29 is 129 Å². The molecule has 6 N–H and O–H groups in total. The smallest absolute Gasteiger partial charge is 0.408 e. The largest absolute Gasteiger partial charge is 0.497 e. The van der Waals surface area contributed by atoms with Gasteiger partial charge in [0.05, 0.1) is 26.9 Å². The number of benzene rings is 5. The summed E-state index contributed by atoms with van der Waals surface area (Å²) in [4.78, 5) is 164. The van der Waals surface area contributed by atoms with Crippen LogP contribution in [0.1, 0.15) is 226 Å². The number of ketones is 4. The van der Waals surface area contributed by atoms with Gasteiger partial charge in [-0.1, -0.05) is 175 Å². The second-order valence-electron chi connectivity index (χ2n) is 42.1. The zero-order valence-corrected chi connectivity index (χ0v) is 84.3. The molecule has 0 aromatic heterocycles. The summed E-state index contributed by atoms with van der Waals surface area (Å²) < 4.78 is 62.4. The van der Waals surface area contributed by atoms with Gasteiger partial charge in [-0.3, -0.25) is 24.0 Å². The molecule has 136 heavy (non-hydrogen) atoms. The average Bonchev–Trinajstić information content (AvgIpc) is 1.42. The zero-order valence-electron chi connectivity index (χ0n) is 82.3. The number of Topliss-reactive ketones (excluding diaryl/α,β-unsaturated/α-hetero) is 4. The number of nitrogens with two attached hydrogens (primary N) is 1. The number of carbonyl (C=O) groups excluding carboxylic acids is 13. The second-order valence-corrected chi connectivity index (χ2v) is 50.7. The van der Waals surface area contributed by atoms with Gasteiger partial charge < -0.3 is 78.3 Å². The molecule has 13 rings (SSSR count). The third-order valence-electron chi connectivity index (χ3n) is 25.0. The maximum absolute atomic E-state index is 13.5. The molecule has 0 bridgehead atoms. The van der Waals surface area contributed by atoms with E-state index in [0.29, 0.717) is 51.7 Å². The van der Waals surface area contributed by atoms with Gasteiger partial charge in [0, 0.05) is 72.4 Å². The summed E-state index contributed by atoms with van der Waals surface area (Å²) in [5.41, 5.74) is 2.84. The van der Waals surface area contributed by atoms with E-state index in [4.69, 9.17) is 57.2 Å². The second kappa shape index (κ2) is 46.7. The molecule has 0 radical (unpaired) electrons. The highest BCUT2D eigenvalue weighted by Crippen LogP contribution is 2.54. The Morgan fingerprint density at radius 3 is 0.882 bits per heavy atom. The number of rotatable bonds is 39. The highest BCUT2D eigenvalue weighted by atomic mass is 28.4. The molecule has 5 aromatic rings. The van der Waals surface area contributed by atoms with E-state index in [0.717, 1.165) is 99.7 Å². The molecule has 744 valence electrons. The number of amides is 3. The SMILES string of the molecule is CC(=O)OOC(C)=O.CC(C)(C)OC(=O)NC(C(=O)OCC(=O)C1CC1)C1(CO)CC1.CC(C)(C)OC(=O)NC(C(=O)OCC(=O)C1CC1)C1(CO[Si](c2ccccc2)(c2ccccc2)C(C)(C)C)CC1.CC(C)(C)[Si](OCC1(C(N)C(=O)OCC(=O)C2CC2)CC1)(c1ccccc1)c1ccccc1.COc1ccc(COCC2(C(NC(=O)OC(C)(C)C)C(=O)OCC(=O)C3CC3)CC2)cc1. The predicted octanol–water partition coefficient (Wildman–Crippen LogP) is 12.6. The molecular weight excluding hydrogens is 1780 g/mol. The van der Waals surface area contributed by atoms with Crippen LogP contribution in [-0.4, -0.2) is 200 Å². The number of carbonyl (C=O) groups is 13. The first-order chi connectivity index (χ1) is 63.9. The number of alkyl carbamates (subject to hydrolysis) is 3. The summed E-state index contributed by atoms with van der Waals surface area (Å²) in [5, 5.41) is 21.8. The molecule has 5 aromatic carbocycles. The first-order valence-corrected chi connectivity index (χ1v) is 50.9. The lowest BCUT2D eigenvalue weighted by atomic mass is 9.97. The van der Waals surface area contributed by atoms with E-state index in [9.17, 15) is 67.4 Å². The molecule has 8 fully saturated rings. The molecule has 0 saturated heterocycles. The molecule has 0 aliphatic heterocycles. The predicted molar refractivity (Wildman–Crippen MR) is 509 cm³/mol. The Labute approximate surface area is 801 Å². The molecule has 4 atom stereocenters. The fraction of sp³-hybridized carbons (Fsp3) is 0.583. The zero-order chi connectivity index (χ0) is 100. The first kappa shape index (κ1) is 109. The van der Waals surface area contributed by atoms with E-state index >= 15 is 0 Å². The van der Waals surface area contributed by atoms with Gasteiger partial charge in [-0.05, 0) is 214 Å². The molecular formula is C103H142N4O27Si2. The Hall–Kier alpha value is -10.6. The fourth-order valence-corrected chi connectivity index (χ4v) is 25.2. The number of esters is 4. The maximum atomic E-state index is 13.5. The number of ether oxygens (including phenoxy) is 9. The Bertz CT molecular complexity index is 4800. The van der Waals surface area contributed by atoms with E-state index in [2.05, 4.69) is 140 Å². The average molecular weight is 1920 g/mol. The number of hydrogen-bond acceptors (Lipinski definition) is 28. The summed E-state index contributed by atoms with van der Waals surface area (Å²) in [6.07, 6.45) is 10.3. The van der Waals surface area contributed by atoms with Crippen LogP contribution in [0.5, 0.6) is 5.75 Å². The van der Waals surface area contributed by atoms with Crippen LogP contribution in [0.15, 0.2) is 146 Å². The molecule has 8 aliphatic carbocycles. The van der Waals surface area contributed by atoms with Crippen LogP contribution in [0.25, 0.3) is 0 Å². The van der Waals surface area contributed by atoms with Gasteiger partial charge in [-0.25, -0.2) is 48.1 Å². The van der Waals surface area contributed by atoms with Crippen LogP contribution in [0.4, 0.5) is 14.4 Å². The van der Waals surface area contributed by atoms with Crippen molar-refractivity contribution in [2.75, 3.05) is 60.0 Å². The van der Waals surface area contributed by atoms with Gasteiger partial charge in [0.2, 0.25) is 0 Å². The van der Waals surface area contributed by atoms with Crippen molar-refractivity contribution in [2.45, 2.75) is 278 Å². The number of aliphatic hydroxyl groups is 1. The minimum Gasteiger partial charge on any atom is -0.497 e. The molecule has 8 aliphatic rings. The molecule has 4 unspecified atom stereocenters. The van der Waals surface area contributed by atoms with Crippen molar-refractivity contribution in [3.05, 3.63) is 151 Å². The lowest BCUT2D eigenvalue weighted by Crippen LogP contribution is -2.67. The van der Waals surface area contributed by atoms with Gasteiger partial charge in [0.1, 0.15) is 73.1 Å². The molecule has 31 nitrogen and oxygen atoms in total. The lowest BCUT2D eigenvalue weighted by Gasteiger charge is -2.44. The monoisotopic (exact) mass is 1920 g/mol. The summed E-state index contributed by atoms with van der Waals surface area (Å²) >= 11 is 0. The number of methoxy groups -OCH3 is 1. The standard InChI is InChI=1S/C32H43NO6Si.C27H35NO4Si.C24H33NO7.C16H25NO6.C4H6O4/c1-30(2,3)39-29(36)33-27(28(35)37-21-26(34)23-17-18-23)32(19-20-32)22-38-40(31(4,5)6,24-13-9-7-10-14-24)25-15-11-8-12-16-25;1-26(2,3)33(21-10-6-4-7-11-21,22-12-8-5-9-13-22)32-19-27(16-17-27)24(28)25(30)31-18-23(29)20-14-15-20;1-23(2,3)32-22(28)25-20(21(27)31-14-19(26)17-7-8-17)24(11-12-24)15-30-13-16-5-9-18(29-4)10-6-16;1-15(2,3)23-14(21)17-12(16(9-18)6-7-16)13(20)22-8-11(19)10-4-5-10;1-3(5)7-8-4(2)6/h7-16,23,27H,17-22H2,1-6H3,(H,33,36);4-13,20,24H,14-19,28H2,1-3H3;5-6,9-10,17,20H,7-8,11-15H2,1-4H3,(H,25,28);10,12,18H,4-9H2,1-3H3,(H,17,21);1-2H3. The van der Waals surface area contributed by atoms with Crippen molar-refractivity contribution >= 4 is 115 Å². The van der Waals surface area contributed by atoms with Crippen molar-refractivity contribution in [2.24, 2.45) is 51.1 Å². The first-order valence-electron chi connectivity index (χ1n) is 47.1. The van der Waals surface area contributed by atoms with Crippen molar-refractivity contribution in [3.63, 3.8) is 0 Å². The minimum absolute atomic E-state index is 0.00257. The molecule has 33 heteroatoms. The van der Waals surface area contributed by atoms with Crippen molar-refractivity contribution in [3.8, 4) is 5.75 Å². The summed E-state index contributed by atoms with van der Waals surface area (Å²) in [5.74, 6) is -3.13. The number of hydrogen-bond donors (Lipinski definition) is 5. The highest BCUT2D eigenvalue weighted by Gasteiger charge is 2.61. The van der Waals surface area contributed by atoms with E-state index < -0.39 is 133 Å². The molecule has 8 saturated carbocycles. The number of nitrogens with one attached hydrogen (secondary N) is 3. The molecule has 0 spiro atoms. The van der Waals surface area contributed by atoms with Crippen LogP contribution in [0.2, 0.25) is 10.1 Å². The van der Waals surface area contributed by atoms with E-state index in [1.54, 1.807) is 69.4 Å². The molecule has 0 heterocycles. The van der Waals surface area contributed by atoms with Crippen LogP contribution >= 0.6 is 0 Å². The van der Waals surface area contributed by atoms with E-state index in [1.807, 2.05) is 72.8 Å². The number of aliphatic hydroxyl groups excluding tert-OH is 1. The van der Waals surface area contributed by atoms with Crippen LogP contribution in [0.3, 0.4) is 0 Å². The quantitative estimate of drug-likeness (QED) is 0.00802. The molecule has 3 amide bonds. The Kier molecular flexibility index (Phi) is 37.5. The minimum atomic E-state index is -2.87. The third-order valence-corrected chi connectivity index (χ3v) is 34.9. The van der Waals surface area contributed by atoms with Crippen LogP contribution < -0.4 is 47.2 Å². The normalized spacial score (nSPS) is 17.7. The van der Waals surface area contributed by atoms with Crippen molar-refractivity contribution in [1.82, 2.24) is 16.0 Å². The highest BCUT2D eigenvalue weighted by molar-refractivity contribution is 7.00. The van der Waals surface area contributed by atoms with E-state index in [-0.39, 0.29) is 103 Å². The van der Waals surface area contributed by atoms with Gasteiger partial charge in [-0.15, -0.1) is 0 Å². The van der Waals surface area contributed by atoms with Gasteiger partial charge in [-0.2, -0.15) is 0 Å². The van der Waals surface area contributed by atoms with E-state index in [1.165, 1.54) is 10.4 Å². The fourth-order valence-electron chi connectivity index (χ4n) is 15.9. The Balaban J connectivity index is 0.000000200. The lowest BCUT2D eigenvalue weighted by molar-refractivity contribution is -0.255. The van der Waals surface area contributed by atoms with Gasteiger partial charge >= 0.3 is 54.1 Å².